The molecule has 2 aromatic rings. The molecule has 0 aliphatic carbocycles. The van der Waals surface area contributed by atoms with E-state index in [1.807, 2.05) is 36.4 Å². The Morgan fingerprint density at radius 3 is 1.50 bits per heavy atom. The van der Waals surface area contributed by atoms with Gasteiger partial charge in [-0.15, -0.1) is 0 Å². The predicted octanol–water partition coefficient (Wildman–Crippen LogP) is 6.16. The summed E-state index contributed by atoms with van der Waals surface area (Å²) in [5, 5.41) is 0.777. The van der Waals surface area contributed by atoms with Crippen molar-refractivity contribution in [2.75, 3.05) is 0 Å². The monoisotopic (exact) mass is 430 g/mol. The number of nitrogens with zero attached hydrogens (tertiary/aromatic N) is 2. The van der Waals surface area contributed by atoms with Gasteiger partial charge < -0.3 is 0 Å². The molecule has 20 heavy (non-hydrogen) atoms. The molecule has 0 bridgehead atoms. The molecule has 100 valence electrons. The number of rotatable bonds is 0. The Hall–Kier alpha value is -0.680. The highest BCUT2D eigenvalue weighted by Gasteiger charge is 2.16. The number of benzene rings is 2. The molecule has 2 aromatic carbocycles. The third-order valence-corrected chi connectivity index (χ3v) is 4.36. The quantitative estimate of drug-likeness (QED) is 0.476. The van der Waals surface area contributed by atoms with Crippen molar-refractivity contribution < 1.29 is 0 Å². The molecule has 1 heterocycles. The zero-order chi connectivity index (χ0) is 14.3. The Bertz CT molecular complexity index is 704. The number of aliphatic imine (C=N–C) groups is 2. The summed E-state index contributed by atoms with van der Waals surface area (Å²) >= 11 is 19.5. The van der Waals surface area contributed by atoms with Crippen molar-refractivity contribution in [1.29, 1.82) is 0 Å². The second kappa shape index (κ2) is 5.60. The van der Waals surface area contributed by atoms with E-state index in [1.54, 1.807) is 0 Å². The summed E-state index contributed by atoms with van der Waals surface area (Å²) in [5.41, 5.74) is 2.87. The van der Waals surface area contributed by atoms with Crippen molar-refractivity contribution in [3.8, 4) is 0 Å². The van der Waals surface area contributed by atoms with Crippen LogP contribution in [0.25, 0.3) is 0 Å². The fourth-order valence-electron chi connectivity index (χ4n) is 1.88. The first-order chi connectivity index (χ1) is 9.54. The molecular weight excluding hydrogens is 427 g/mol. The first-order valence-corrected chi connectivity index (χ1v) is 7.97. The van der Waals surface area contributed by atoms with Gasteiger partial charge in [0.1, 0.15) is 10.3 Å². The van der Waals surface area contributed by atoms with E-state index in [0.717, 1.165) is 20.1 Å². The molecular formula is C14H6Br2Cl2N2. The molecule has 0 saturated heterocycles. The maximum atomic E-state index is 6.31. The highest BCUT2D eigenvalue weighted by molar-refractivity contribution is 9.10. The van der Waals surface area contributed by atoms with Gasteiger partial charge in [0.25, 0.3) is 0 Å². The number of hydrogen-bond donors (Lipinski definition) is 0. The van der Waals surface area contributed by atoms with Gasteiger partial charge in [-0.1, -0.05) is 55.1 Å². The van der Waals surface area contributed by atoms with Gasteiger partial charge in [-0.25, -0.2) is 9.98 Å². The predicted molar refractivity (Wildman–Crippen MR) is 92.4 cm³/mol. The van der Waals surface area contributed by atoms with Crippen LogP contribution in [0.1, 0.15) is 11.1 Å². The maximum Gasteiger partial charge on any atom is 0.139 e. The minimum absolute atomic E-state index is 0.389. The number of halogens is 4. The zero-order valence-electron chi connectivity index (χ0n) is 9.87. The number of fused-ring (bicyclic) bond motifs is 2. The van der Waals surface area contributed by atoms with Crippen LogP contribution in [0.15, 0.2) is 55.3 Å². The largest absolute Gasteiger partial charge is 0.235 e. The highest BCUT2D eigenvalue weighted by Crippen LogP contribution is 2.34. The molecule has 0 spiro atoms. The summed E-state index contributed by atoms with van der Waals surface area (Å²) < 4.78 is 1.82. The summed E-state index contributed by atoms with van der Waals surface area (Å²) in [5.74, 6) is 0. The van der Waals surface area contributed by atoms with Gasteiger partial charge in [0.2, 0.25) is 0 Å². The second-order valence-electron chi connectivity index (χ2n) is 4.13. The lowest BCUT2D eigenvalue weighted by Gasteiger charge is -2.12. The Labute approximate surface area is 142 Å². The van der Waals surface area contributed by atoms with E-state index in [4.69, 9.17) is 23.2 Å². The van der Waals surface area contributed by atoms with E-state index in [-0.39, 0.29) is 0 Å². The van der Waals surface area contributed by atoms with Crippen molar-refractivity contribution in [2.45, 2.75) is 0 Å². The fraction of sp³-hybridized carbons (Fsp3) is 0. The van der Waals surface area contributed by atoms with Gasteiger partial charge in [0.05, 0.1) is 11.4 Å². The van der Waals surface area contributed by atoms with Crippen LogP contribution < -0.4 is 0 Å². The first kappa shape index (κ1) is 14.3. The van der Waals surface area contributed by atoms with Crippen molar-refractivity contribution in [3.63, 3.8) is 0 Å². The minimum Gasteiger partial charge on any atom is -0.235 e. The van der Waals surface area contributed by atoms with Gasteiger partial charge in [-0.3, -0.25) is 0 Å². The van der Waals surface area contributed by atoms with Crippen molar-refractivity contribution >= 4 is 76.8 Å². The van der Waals surface area contributed by atoms with Crippen LogP contribution in [0.2, 0.25) is 0 Å². The standard InChI is InChI=1S/C14H6Br2Cl2N2/c15-7-1-3-9-11(5-7)19-14(18)10-4-2-8(16)6-12(10)20-13(9)17/h1-6H. The molecule has 6 heteroatoms. The Kier molecular flexibility index (Phi) is 4.00. The second-order valence-corrected chi connectivity index (χ2v) is 6.68. The first-order valence-electron chi connectivity index (χ1n) is 5.63. The van der Waals surface area contributed by atoms with Crippen molar-refractivity contribution in [2.24, 2.45) is 9.98 Å². The summed E-state index contributed by atoms with van der Waals surface area (Å²) in [6.07, 6.45) is 0. The normalized spacial score (nSPS) is 13.6. The van der Waals surface area contributed by atoms with E-state index in [1.165, 1.54) is 0 Å². The average Bonchev–Trinajstić information content (AvgIpc) is 2.37. The van der Waals surface area contributed by atoms with Gasteiger partial charge in [0.15, 0.2) is 0 Å². The smallest absolute Gasteiger partial charge is 0.139 e. The third kappa shape index (κ3) is 2.70. The van der Waals surface area contributed by atoms with Gasteiger partial charge in [0, 0.05) is 20.1 Å². The molecule has 0 N–H and O–H groups in total. The molecule has 0 aromatic heterocycles. The summed E-state index contributed by atoms with van der Waals surface area (Å²) in [6.45, 7) is 0. The van der Waals surface area contributed by atoms with Crippen LogP contribution in [-0.4, -0.2) is 10.3 Å². The highest BCUT2D eigenvalue weighted by atomic mass is 79.9. The lowest BCUT2D eigenvalue weighted by atomic mass is 10.1. The van der Waals surface area contributed by atoms with Crippen molar-refractivity contribution in [1.82, 2.24) is 0 Å². The van der Waals surface area contributed by atoms with Crippen molar-refractivity contribution in [3.05, 3.63) is 56.5 Å². The molecule has 1 aliphatic rings. The molecule has 0 amide bonds. The molecule has 2 nitrogen and oxygen atoms in total. The SMILES string of the molecule is ClC1=Nc2cc(Br)ccc2C(Cl)=Nc2cc(Br)ccc21. The minimum atomic E-state index is 0.389. The molecule has 0 saturated carbocycles. The van der Waals surface area contributed by atoms with Crippen LogP contribution in [0.3, 0.4) is 0 Å². The lowest BCUT2D eigenvalue weighted by molar-refractivity contribution is 1.42. The van der Waals surface area contributed by atoms with E-state index < -0.39 is 0 Å². The number of hydrogen-bond acceptors (Lipinski definition) is 2. The molecule has 0 radical (unpaired) electrons. The summed E-state index contributed by atoms with van der Waals surface area (Å²) in [6, 6.07) is 11.2. The Morgan fingerprint density at radius 2 is 1.10 bits per heavy atom. The van der Waals surface area contributed by atoms with E-state index in [9.17, 15) is 0 Å². The van der Waals surface area contributed by atoms with Crippen LogP contribution in [0.5, 0.6) is 0 Å². The van der Waals surface area contributed by atoms with Gasteiger partial charge in [-0.05, 0) is 36.4 Å². The molecule has 3 rings (SSSR count). The van der Waals surface area contributed by atoms with Crippen LogP contribution in [-0.2, 0) is 0 Å². The van der Waals surface area contributed by atoms with Gasteiger partial charge >= 0.3 is 0 Å². The van der Waals surface area contributed by atoms with E-state index >= 15 is 0 Å². The van der Waals surface area contributed by atoms with E-state index in [0.29, 0.717) is 21.7 Å². The maximum absolute atomic E-state index is 6.31. The molecule has 0 fully saturated rings. The topological polar surface area (TPSA) is 24.7 Å². The molecule has 1 aliphatic heterocycles. The fourth-order valence-corrected chi connectivity index (χ4v) is 3.08. The molecule has 0 atom stereocenters. The Morgan fingerprint density at radius 1 is 0.700 bits per heavy atom. The summed E-state index contributed by atoms with van der Waals surface area (Å²) in [7, 11) is 0. The van der Waals surface area contributed by atoms with Crippen LogP contribution in [0, 0.1) is 0 Å². The van der Waals surface area contributed by atoms with Crippen LogP contribution >= 0.6 is 55.1 Å². The van der Waals surface area contributed by atoms with Gasteiger partial charge in [-0.2, -0.15) is 0 Å². The molecule has 0 unspecified atom stereocenters. The summed E-state index contributed by atoms with van der Waals surface area (Å²) in [4.78, 5) is 8.91. The van der Waals surface area contributed by atoms with Crippen LogP contribution in [0.4, 0.5) is 11.4 Å². The zero-order valence-corrected chi connectivity index (χ0v) is 14.6. The third-order valence-electron chi connectivity index (χ3n) is 2.80. The average molecular weight is 433 g/mol. The lowest BCUT2D eigenvalue weighted by Crippen LogP contribution is -2.00. The van der Waals surface area contributed by atoms with E-state index in [2.05, 4.69) is 41.8 Å². The Balaban J connectivity index is 2.30.